The Bertz CT molecular complexity index is 683. The van der Waals surface area contributed by atoms with Crippen molar-refractivity contribution in [1.82, 2.24) is 0 Å². The predicted molar refractivity (Wildman–Crippen MR) is 81.5 cm³/mol. The molecule has 108 valence electrons. The van der Waals surface area contributed by atoms with E-state index in [9.17, 15) is 14.7 Å². The van der Waals surface area contributed by atoms with E-state index >= 15 is 0 Å². The Labute approximate surface area is 129 Å². The number of anilines is 1. The van der Waals surface area contributed by atoms with Crippen LogP contribution >= 0.6 is 15.9 Å². The lowest BCUT2D eigenvalue weighted by Gasteiger charge is -2.10. The number of benzene rings is 2. The van der Waals surface area contributed by atoms with Gasteiger partial charge in [0.05, 0.1) is 12.8 Å². The lowest BCUT2D eigenvalue weighted by Crippen LogP contribution is -2.13. The van der Waals surface area contributed by atoms with E-state index in [1.807, 2.05) is 0 Å². The molecule has 0 fully saturated rings. The second-order valence-corrected chi connectivity index (χ2v) is 5.07. The fourth-order valence-corrected chi connectivity index (χ4v) is 1.98. The van der Waals surface area contributed by atoms with Crippen LogP contribution in [0.1, 0.15) is 20.7 Å². The van der Waals surface area contributed by atoms with E-state index in [2.05, 4.69) is 26.0 Å². The van der Waals surface area contributed by atoms with Gasteiger partial charge in [-0.1, -0.05) is 22.0 Å². The smallest absolute Gasteiger partial charge is 0.341 e. The number of hydrogen-bond acceptors (Lipinski definition) is 4. The lowest BCUT2D eigenvalue weighted by molar-refractivity contribution is 0.0597. The van der Waals surface area contributed by atoms with Crippen LogP contribution in [0, 0.1) is 0 Å². The van der Waals surface area contributed by atoms with E-state index in [0.29, 0.717) is 5.56 Å². The van der Waals surface area contributed by atoms with E-state index in [1.165, 1.54) is 19.2 Å². The highest BCUT2D eigenvalue weighted by Gasteiger charge is 2.16. The number of esters is 1. The van der Waals surface area contributed by atoms with Gasteiger partial charge in [-0.2, -0.15) is 0 Å². The highest BCUT2D eigenvalue weighted by atomic mass is 79.9. The summed E-state index contributed by atoms with van der Waals surface area (Å²) in [6, 6.07) is 11.2. The zero-order valence-corrected chi connectivity index (χ0v) is 12.7. The van der Waals surface area contributed by atoms with Crippen molar-refractivity contribution in [1.29, 1.82) is 0 Å². The zero-order valence-electron chi connectivity index (χ0n) is 11.1. The van der Waals surface area contributed by atoms with Gasteiger partial charge in [0, 0.05) is 10.0 Å². The van der Waals surface area contributed by atoms with Crippen LogP contribution in [0.4, 0.5) is 5.69 Å². The van der Waals surface area contributed by atoms with E-state index in [0.717, 1.165) is 4.47 Å². The van der Waals surface area contributed by atoms with Gasteiger partial charge in [0.2, 0.25) is 0 Å². The number of amides is 1. The van der Waals surface area contributed by atoms with Crippen molar-refractivity contribution in [3.8, 4) is 5.75 Å². The van der Waals surface area contributed by atoms with E-state index in [1.54, 1.807) is 30.3 Å². The molecule has 0 saturated heterocycles. The van der Waals surface area contributed by atoms with Gasteiger partial charge in [0.15, 0.2) is 5.75 Å². The van der Waals surface area contributed by atoms with Gasteiger partial charge < -0.3 is 15.2 Å². The zero-order chi connectivity index (χ0) is 15.4. The molecule has 0 saturated carbocycles. The maximum Gasteiger partial charge on any atom is 0.341 e. The normalized spacial score (nSPS) is 10.0. The molecule has 0 radical (unpaired) electrons. The van der Waals surface area contributed by atoms with Crippen molar-refractivity contribution >= 4 is 33.5 Å². The second kappa shape index (κ2) is 6.41. The molecule has 0 aliphatic rings. The van der Waals surface area contributed by atoms with Crippen molar-refractivity contribution in [2.75, 3.05) is 12.4 Å². The van der Waals surface area contributed by atoms with Crippen LogP contribution in [0.3, 0.4) is 0 Å². The van der Waals surface area contributed by atoms with Gasteiger partial charge in [-0.05, 0) is 36.4 Å². The molecule has 0 bridgehead atoms. The number of para-hydroxylation sites is 1. The first-order chi connectivity index (χ1) is 10.0. The third-order valence-corrected chi connectivity index (χ3v) is 3.32. The van der Waals surface area contributed by atoms with Crippen molar-refractivity contribution in [3.63, 3.8) is 0 Å². The molecule has 2 aromatic rings. The maximum atomic E-state index is 12.1. The van der Waals surface area contributed by atoms with Crippen molar-refractivity contribution < 1.29 is 19.4 Å². The van der Waals surface area contributed by atoms with E-state index in [4.69, 9.17) is 0 Å². The summed E-state index contributed by atoms with van der Waals surface area (Å²) in [5, 5.41) is 12.6. The monoisotopic (exact) mass is 349 g/mol. The number of rotatable bonds is 3. The van der Waals surface area contributed by atoms with Gasteiger partial charge in [-0.3, -0.25) is 4.79 Å². The summed E-state index contributed by atoms with van der Waals surface area (Å²) in [5.41, 5.74) is 0.568. The molecule has 0 aromatic heterocycles. The number of nitrogens with one attached hydrogen (secondary N) is 1. The Morgan fingerprint density at radius 1 is 1.14 bits per heavy atom. The Balaban J connectivity index is 2.25. The molecule has 2 rings (SSSR count). The van der Waals surface area contributed by atoms with Crippen molar-refractivity contribution in [2.45, 2.75) is 0 Å². The Morgan fingerprint density at radius 3 is 2.43 bits per heavy atom. The van der Waals surface area contributed by atoms with Gasteiger partial charge >= 0.3 is 5.97 Å². The fraction of sp³-hybridized carbons (Fsp3) is 0.0667. The molecule has 0 aliphatic carbocycles. The van der Waals surface area contributed by atoms with Crippen LogP contribution < -0.4 is 5.32 Å². The molecule has 21 heavy (non-hydrogen) atoms. The van der Waals surface area contributed by atoms with Gasteiger partial charge in [-0.15, -0.1) is 0 Å². The number of phenols is 1. The first-order valence-corrected chi connectivity index (χ1v) is 6.79. The third-order valence-electron chi connectivity index (χ3n) is 2.80. The van der Waals surface area contributed by atoms with Gasteiger partial charge in [0.25, 0.3) is 5.91 Å². The Morgan fingerprint density at radius 2 is 1.81 bits per heavy atom. The summed E-state index contributed by atoms with van der Waals surface area (Å²) < 4.78 is 5.41. The summed E-state index contributed by atoms with van der Waals surface area (Å²) in [7, 11) is 1.22. The first-order valence-electron chi connectivity index (χ1n) is 6.00. The largest absolute Gasteiger partial charge is 0.505 e. The second-order valence-electron chi connectivity index (χ2n) is 4.15. The number of aromatic hydroxyl groups is 1. The number of methoxy groups -OCH3 is 1. The van der Waals surface area contributed by atoms with Crippen LogP contribution in [-0.2, 0) is 4.74 Å². The molecule has 5 nitrogen and oxygen atoms in total. The van der Waals surface area contributed by atoms with Crippen LogP contribution in [-0.4, -0.2) is 24.1 Å². The van der Waals surface area contributed by atoms with Crippen LogP contribution in [0.5, 0.6) is 5.75 Å². The number of hydrogen-bond donors (Lipinski definition) is 2. The average Bonchev–Trinajstić information content (AvgIpc) is 2.49. The Kier molecular flexibility index (Phi) is 4.59. The maximum absolute atomic E-state index is 12.1. The summed E-state index contributed by atoms with van der Waals surface area (Å²) in [6.07, 6.45) is 0. The minimum absolute atomic E-state index is 0.00824. The molecule has 0 unspecified atom stereocenters. The topological polar surface area (TPSA) is 75.6 Å². The van der Waals surface area contributed by atoms with E-state index in [-0.39, 0.29) is 22.9 Å². The highest BCUT2D eigenvalue weighted by Crippen LogP contribution is 2.28. The lowest BCUT2D eigenvalue weighted by atomic mass is 10.1. The number of phenolic OH excluding ortho intramolecular Hbond substituents is 1. The number of carbonyl (C=O) groups is 2. The highest BCUT2D eigenvalue weighted by molar-refractivity contribution is 9.10. The SMILES string of the molecule is COC(=O)c1cccc(NC(=O)c2ccc(Br)cc2)c1O. The molecule has 0 aliphatic heterocycles. The molecule has 0 atom stereocenters. The molecule has 6 heteroatoms. The van der Waals surface area contributed by atoms with Gasteiger partial charge in [0.1, 0.15) is 5.56 Å². The number of carbonyl (C=O) groups excluding carboxylic acids is 2. The molecule has 1 amide bonds. The van der Waals surface area contributed by atoms with Crippen molar-refractivity contribution in [2.24, 2.45) is 0 Å². The third kappa shape index (κ3) is 3.41. The molecule has 0 heterocycles. The number of halogens is 1. The molecule has 2 N–H and O–H groups in total. The molecular weight excluding hydrogens is 338 g/mol. The van der Waals surface area contributed by atoms with Crippen LogP contribution in [0.2, 0.25) is 0 Å². The fourth-order valence-electron chi connectivity index (χ4n) is 1.71. The minimum Gasteiger partial charge on any atom is -0.505 e. The molecule has 2 aromatic carbocycles. The molecule has 0 spiro atoms. The average molecular weight is 350 g/mol. The molecular formula is C15H12BrNO4. The Hall–Kier alpha value is -2.34. The minimum atomic E-state index is -0.674. The van der Waals surface area contributed by atoms with Crippen LogP contribution in [0.25, 0.3) is 0 Å². The summed E-state index contributed by atoms with van der Waals surface area (Å²) in [6.45, 7) is 0. The quantitative estimate of drug-likeness (QED) is 0.659. The standard InChI is InChI=1S/C15H12BrNO4/c1-21-15(20)11-3-2-4-12(13(11)18)17-14(19)9-5-7-10(16)8-6-9/h2-8,18H,1H3,(H,17,19). The predicted octanol–water partition coefficient (Wildman–Crippen LogP) is 3.19. The summed E-state index contributed by atoms with van der Waals surface area (Å²) in [4.78, 5) is 23.6. The summed E-state index contributed by atoms with van der Waals surface area (Å²) >= 11 is 3.28. The van der Waals surface area contributed by atoms with E-state index < -0.39 is 5.97 Å². The first kappa shape index (κ1) is 15.1. The van der Waals surface area contributed by atoms with Crippen molar-refractivity contribution in [3.05, 3.63) is 58.1 Å². The van der Waals surface area contributed by atoms with Crippen LogP contribution in [0.15, 0.2) is 46.9 Å². The summed E-state index contributed by atoms with van der Waals surface area (Å²) in [5.74, 6) is -1.39. The van der Waals surface area contributed by atoms with Gasteiger partial charge in [-0.25, -0.2) is 4.79 Å². The number of ether oxygens (including phenoxy) is 1.